The zero-order chi connectivity index (χ0) is 23.3. The predicted molar refractivity (Wildman–Crippen MR) is 124 cm³/mol. The van der Waals surface area contributed by atoms with E-state index in [0.29, 0.717) is 39.9 Å². The summed E-state index contributed by atoms with van der Waals surface area (Å²) in [5.74, 6) is 1.39. The largest absolute Gasteiger partial charge is 0.458 e. The fourth-order valence-corrected chi connectivity index (χ4v) is 4.39. The maximum absolute atomic E-state index is 12.9. The van der Waals surface area contributed by atoms with Gasteiger partial charge in [-0.25, -0.2) is 4.98 Å². The van der Waals surface area contributed by atoms with Crippen LogP contribution in [0.4, 0.5) is 11.6 Å². The number of amides is 1. The van der Waals surface area contributed by atoms with Gasteiger partial charge in [-0.3, -0.25) is 19.5 Å². The lowest BCUT2D eigenvalue weighted by Crippen LogP contribution is -2.32. The van der Waals surface area contributed by atoms with E-state index in [-0.39, 0.29) is 11.6 Å². The number of nitro benzene ring substituents is 1. The summed E-state index contributed by atoms with van der Waals surface area (Å²) >= 11 is 0. The number of nitro groups is 1. The Kier molecular flexibility index (Phi) is 4.74. The number of anilines is 1. The van der Waals surface area contributed by atoms with Crippen molar-refractivity contribution in [1.29, 1.82) is 0 Å². The molecule has 0 saturated heterocycles. The van der Waals surface area contributed by atoms with E-state index in [4.69, 9.17) is 4.42 Å². The monoisotopic (exact) mass is 443 g/mol. The van der Waals surface area contributed by atoms with Gasteiger partial charge in [0.2, 0.25) is 5.95 Å². The minimum atomic E-state index is -0.568. The van der Waals surface area contributed by atoms with E-state index in [1.807, 2.05) is 35.8 Å². The normalized spacial score (nSPS) is 15.3. The Bertz CT molecular complexity index is 1460. The third kappa shape index (κ3) is 3.16. The SMILES string of the molecule is CNC(=O)C1=C(C)Nc2nc3ccccc3n2C1c1ccc(-c2cccc([N+](=O)[O-])c2C)o1. The molecule has 0 saturated carbocycles. The number of hydrogen-bond donors (Lipinski definition) is 2. The minimum absolute atomic E-state index is 0.0250. The first-order valence-corrected chi connectivity index (χ1v) is 10.4. The van der Waals surface area contributed by atoms with Crippen LogP contribution in [0.25, 0.3) is 22.4 Å². The highest BCUT2D eigenvalue weighted by Gasteiger charge is 2.35. The molecule has 1 aliphatic heterocycles. The van der Waals surface area contributed by atoms with Gasteiger partial charge in [0.25, 0.3) is 11.6 Å². The number of carbonyl (C=O) groups is 1. The number of nitrogens with zero attached hydrogens (tertiary/aromatic N) is 3. The molecule has 0 fully saturated rings. The molecule has 0 aliphatic carbocycles. The quantitative estimate of drug-likeness (QED) is 0.353. The second-order valence-electron chi connectivity index (χ2n) is 7.85. The van der Waals surface area contributed by atoms with Crippen LogP contribution in [0.15, 0.2) is 70.3 Å². The fourth-order valence-electron chi connectivity index (χ4n) is 4.39. The van der Waals surface area contributed by atoms with E-state index in [1.165, 1.54) is 6.07 Å². The molecule has 5 rings (SSSR count). The van der Waals surface area contributed by atoms with Crippen molar-refractivity contribution in [2.24, 2.45) is 0 Å². The predicted octanol–water partition coefficient (Wildman–Crippen LogP) is 4.55. The molecule has 33 heavy (non-hydrogen) atoms. The number of rotatable bonds is 4. The van der Waals surface area contributed by atoms with Gasteiger partial charge in [-0.2, -0.15) is 0 Å². The van der Waals surface area contributed by atoms with Crippen LogP contribution in [0.3, 0.4) is 0 Å². The van der Waals surface area contributed by atoms with Gasteiger partial charge >= 0.3 is 0 Å². The Balaban J connectivity index is 1.70. The van der Waals surface area contributed by atoms with E-state index in [0.717, 1.165) is 11.0 Å². The van der Waals surface area contributed by atoms with Crippen molar-refractivity contribution in [3.63, 3.8) is 0 Å². The molecular formula is C24H21N5O4. The first-order chi connectivity index (χ1) is 15.9. The van der Waals surface area contributed by atoms with Gasteiger partial charge in [0.05, 0.1) is 21.5 Å². The lowest BCUT2D eigenvalue weighted by molar-refractivity contribution is -0.385. The number of likely N-dealkylation sites (N-methyl/N-ethyl adjacent to an activating group) is 1. The summed E-state index contributed by atoms with van der Waals surface area (Å²) in [6.07, 6.45) is 0. The van der Waals surface area contributed by atoms with Gasteiger partial charge in [-0.05, 0) is 38.1 Å². The number of para-hydroxylation sites is 2. The van der Waals surface area contributed by atoms with Crippen molar-refractivity contribution >= 4 is 28.6 Å². The van der Waals surface area contributed by atoms with Crippen molar-refractivity contribution in [3.8, 4) is 11.3 Å². The molecule has 0 spiro atoms. The molecule has 2 aromatic heterocycles. The molecule has 2 N–H and O–H groups in total. The van der Waals surface area contributed by atoms with E-state index in [9.17, 15) is 14.9 Å². The van der Waals surface area contributed by atoms with Crippen LogP contribution in [0.5, 0.6) is 0 Å². The number of allylic oxidation sites excluding steroid dienone is 1. The molecule has 9 heteroatoms. The van der Waals surface area contributed by atoms with Crippen LogP contribution in [0.2, 0.25) is 0 Å². The standard InChI is InChI=1S/C24H21N5O4/c1-13-15(7-6-10-17(13)29(31)32)19-11-12-20(33-19)22-21(23(30)25-3)14(2)26-24-27-16-8-4-5-9-18(16)28(22)24/h4-12,22H,1-3H3,(H,25,30)(H,26,27). The summed E-state index contributed by atoms with van der Waals surface area (Å²) in [6.45, 7) is 3.52. The molecular weight excluding hydrogens is 422 g/mol. The van der Waals surface area contributed by atoms with Crippen molar-refractivity contribution in [3.05, 3.63) is 87.3 Å². The van der Waals surface area contributed by atoms with Gasteiger partial charge in [-0.1, -0.05) is 24.3 Å². The number of hydrogen-bond acceptors (Lipinski definition) is 6. The fraction of sp³-hybridized carbons (Fsp3) is 0.167. The number of benzene rings is 2. The second kappa shape index (κ2) is 7.63. The Morgan fingerprint density at radius 3 is 2.70 bits per heavy atom. The molecule has 9 nitrogen and oxygen atoms in total. The summed E-state index contributed by atoms with van der Waals surface area (Å²) in [6, 6.07) is 15.6. The van der Waals surface area contributed by atoms with Crippen molar-refractivity contribution in [1.82, 2.24) is 14.9 Å². The number of fused-ring (bicyclic) bond motifs is 3. The second-order valence-corrected chi connectivity index (χ2v) is 7.85. The van der Waals surface area contributed by atoms with Crippen LogP contribution in [-0.4, -0.2) is 27.4 Å². The van der Waals surface area contributed by atoms with Gasteiger partial charge in [0.1, 0.15) is 17.6 Å². The molecule has 3 heterocycles. The first-order valence-electron chi connectivity index (χ1n) is 10.4. The zero-order valence-electron chi connectivity index (χ0n) is 18.2. The number of furan rings is 1. The maximum Gasteiger partial charge on any atom is 0.273 e. The first kappa shape index (κ1) is 20.5. The molecule has 0 radical (unpaired) electrons. The minimum Gasteiger partial charge on any atom is -0.458 e. The highest BCUT2D eigenvalue weighted by Crippen LogP contribution is 2.41. The van der Waals surface area contributed by atoms with E-state index >= 15 is 0 Å². The van der Waals surface area contributed by atoms with Crippen molar-refractivity contribution in [2.45, 2.75) is 19.9 Å². The van der Waals surface area contributed by atoms with Crippen LogP contribution in [-0.2, 0) is 4.79 Å². The van der Waals surface area contributed by atoms with Gasteiger partial charge in [-0.15, -0.1) is 0 Å². The maximum atomic E-state index is 12.9. The molecule has 4 aromatic rings. The summed E-state index contributed by atoms with van der Waals surface area (Å²) in [7, 11) is 1.58. The van der Waals surface area contributed by atoms with Crippen LogP contribution >= 0.6 is 0 Å². The van der Waals surface area contributed by atoms with Gasteiger partial charge < -0.3 is 15.1 Å². The average molecular weight is 443 g/mol. The Labute approximate surface area is 188 Å². The molecule has 1 unspecified atom stereocenters. The Morgan fingerprint density at radius 2 is 1.94 bits per heavy atom. The number of nitrogens with one attached hydrogen (secondary N) is 2. The summed E-state index contributed by atoms with van der Waals surface area (Å²) in [4.78, 5) is 28.6. The molecule has 2 aromatic carbocycles. The summed E-state index contributed by atoms with van der Waals surface area (Å²) < 4.78 is 8.20. The highest BCUT2D eigenvalue weighted by atomic mass is 16.6. The smallest absolute Gasteiger partial charge is 0.273 e. The topological polar surface area (TPSA) is 115 Å². The van der Waals surface area contributed by atoms with E-state index < -0.39 is 11.0 Å². The number of aromatic nitrogens is 2. The highest BCUT2D eigenvalue weighted by molar-refractivity contribution is 5.97. The lowest BCUT2D eigenvalue weighted by atomic mass is 9.99. The lowest BCUT2D eigenvalue weighted by Gasteiger charge is -2.28. The van der Waals surface area contributed by atoms with Gasteiger partial charge in [0.15, 0.2) is 0 Å². The van der Waals surface area contributed by atoms with Crippen LogP contribution in [0.1, 0.15) is 24.3 Å². The third-order valence-corrected chi connectivity index (χ3v) is 5.97. The van der Waals surface area contributed by atoms with Crippen molar-refractivity contribution in [2.75, 3.05) is 12.4 Å². The summed E-state index contributed by atoms with van der Waals surface area (Å²) in [5, 5.41) is 17.3. The Hall–Kier alpha value is -4.40. The molecule has 1 atom stereocenters. The zero-order valence-corrected chi connectivity index (χ0v) is 18.2. The summed E-state index contributed by atoms with van der Waals surface area (Å²) in [5.41, 5.74) is 3.98. The number of imidazole rings is 1. The number of carbonyl (C=O) groups excluding carboxylic acids is 1. The Morgan fingerprint density at radius 1 is 1.15 bits per heavy atom. The van der Waals surface area contributed by atoms with E-state index in [1.54, 1.807) is 38.2 Å². The molecule has 1 aliphatic rings. The average Bonchev–Trinajstić information content (AvgIpc) is 3.42. The van der Waals surface area contributed by atoms with Crippen LogP contribution < -0.4 is 10.6 Å². The van der Waals surface area contributed by atoms with Crippen molar-refractivity contribution < 1.29 is 14.1 Å². The molecule has 1 amide bonds. The molecule has 166 valence electrons. The van der Waals surface area contributed by atoms with E-state index in [2.05, 4.69) is 15.6 Å². The van der Waals surface area contributed by atoms with Crippen LogP contribution in [0, 0.1) is 17.0 Å². The van der Waals surface area contributed by atoms with Gasteiger partial charge in [0, 0.05) is 29.9 Å². The third-order valence-electron chi connectivity index (χ3n) is 5.97. The molecule has 0 bridgehead atoms.